The number of carbonyl (C=O) groups excluding carboxylic acids is 1. The summed E-state index contributed by atoms with van der Waals surface area (Å²) in [5, 5.41) is 10.5. The van der Waals surface area contributed by atoms with Crippen molar-refractivity contribution in [2.45, 2.75) is 58.3 Å². The van der Waals surface area contributed by atoms with Crippen LogP contribution < -0.4 is 4.74 Å². The summed E-state index contributed by atoms with van der Waals surface area (Å²) in [7, 11) is 1.55. The zero-order valence-corrected chi connectivity index (χ0v) is 14.0. The molecular weight excluding hydrogens is 276 g/mol. The lowest BCUT2D eigenvalue weighted by atomic mass is 9.66. The summed E-state index contributed by atoms with van der Waals surface area (Å²) >= 11 is 0. The summed E-state index contributed by atoms with van der Waals surface area (Å²) in [5.41, 5.74) is 2.84. The van der Waals surface area contributed by atoms with Gasteiger partial charge in [0.1, 0.15) is 0 Å². The second-order valence-corrected chi connectivity index (χ2v) is 7.20. The van der Waals surface area contributed by atoms with Crippen LogP contribution in [0.3, 0.4) is 0 Å². The van der Waals surface area contributed by atoms with Gasteiger partial charge in [-0.15, -0.1) is 0 Å². The summed E-state index contributed by atoms with van der Waals surface area (Å²) in [6.45, 7) is 6.82. The van der Waals surface area contributed by atoms with Crippen molar-refractivity contribution < 1.29 is 14.6 Å². The number of rotatable bonds is 3. The second kappa shape index (κ2) is 5.29. The van der Waals surface area contributed by atoms with Gasteiger partial charge in [-0.3, -0.25) is 4.79 Å². The third-order valence-corrected chi connectivity index (χ3v) is 6.18. The average molecular weight is 302 g/mol. The molecule has 0 amide bonds. The molecule has 0 saturated heterocycles. The van der Waals surface area contributed by atoms with Crippen LogP contribution in [0.15, 0.2) is 6.07 Å². The summed E-state index contributed by atoms with van der Waals surface area (Å²) in [6.07, 6.45) is 4.52. The first-order valence-corrected chi connectivity index (χ1v) is 8.40. The number of phenolic OH excluding ortho intramolecular Hbond substituents is 1. The highest BCUT2D eigenvalue weighted by Crippen LogP contribution is 2.55. The topological polar surface area (TPSA) is 46.5 Å². The first kappa shape index (κ1) is 15.4. The number of hydrogen-bond donors (Lipinski definition) is 1. The molecule has 120 valence electrons. The number of ether oxygens (including phenoxy) is 1. The average Bonchev–Trinajstić information content (AvgIpc) is 2.81. The number of benzene rings is 1. The SMILES string of the molecule is CC[C@@H](C)C1CCC(=O)c2cc(OC)c(O)c3c2C1(C)CC3. The van der Waals surface area contributed by atoms with Crippen molar-refractivity contribution in [3.8, 4) is 11.5 Å². The Labute approximate surface area is 132 Å². The van der Waals surface area contributed by atoms with Crippen LogP contribution >= 0.6 is 0 Å². The second-order valence-electron chi connectivity index (χ2n) is 7.20. The fourth-order valence-corrected chi connectivity index (χ4v) is 4.79. The van der Waals surface area contributed by atoms with Crippen molar-refractivity contribution in [2.24, 2.45) is 11.8 Å². The minimum atomic E-state index is -0.00396. The van der Waals surface area contributed by atoms with Gasteiger partial charge in [-0.2, -0.15) is 0 Å². The minimum Gasteiger partial charge on any atom is -0.504 e. The molecule has 0 heterocycles. The van der Waals surface area contributed by atoms with E-state index in [-0.39, 0.29) is 16.9 Å². The van der Waals surface area contributed by atoms with Crippen molar-refractivity contribution in [3.05, 3.63) is 22.8 Å². The monoisotopic (exact) mass is 302 g/mol. The largest absolute Gasteiger partial charge is 0.504 e. The van der Waals surface area contributed by atoms with Crippen LogP contribution in [0.5, 0.6) is 11.5 Å². The Morgan fingerprint density at radius 3 is 2.82 bits per heavy atom. The molecule has 3 nitrogen and oxygen atoms in total. The highest BCUT2D eigenvalue weighted by Gasteiger charge is 2.48. The Morgan fingerprint density at radius 1 is 1.45 bits per heavy atom. The molecule has 1 N–H and O–H groups in total. The minimum absolute atomic E-state index is 0.00396. The highest BCUT2D eigenvalue weighted by atomic mass is 16.5. The van der Waals surface area contributed by atoms with Gasteiger partial charge in [0.05, 0.1) is 7.11 Å². The molecule has 1 aromatic carbocycles. The molecule has 2 unspecified atom stereocenters. The highest BCUT2D eigenvalue weighted by molar-refractivity contribution is 6.00. The maximum absolute atomic E-state index is 12.7. The zero-order chi connectivity index (χ0) is 16.1. The van der Waals surface area contributed by atoms with Gasteiger partial charge in [0.25, 0.3) is 0 Å². The fourth-order valence-electron chi connectivity index (χ4n) is 4.79. The van der Waals surface area contributed by atoms with E-state index in [9.17, 15) is 9.90 Å². The van der Waals surface area contributed by atoms with Gasteiger partial charge in [-0.05, 0) is 48.1 Å². The summed E-state index contributed by atoms with van der Waals surface area (Å²) < 4.78 is 5.29. The number of Topliss-reactive ketones (excluding diaryl/α,β-unsaturated/α-hetero) is 1. The van der Waals surface area contributed by atoms with Crippen molar-refractivity contribution in [1.82, 2.24) is 0 Å². The molecule has 0 bridgehead atoms. The van der Waals surface area contributed by atoms with Crippen LogP contribution in [0.4, 0.5) is 0 Å². The van der Waals surface area contributed by atoms with Crippen molar-refractivity contribution in [2.75, 3.05) is 7.11 Å². The smallest absolute Gasteiger partial charge is 0.163 e. The van der Waals surface area contributed by atoms with Gasteiger partial charge in [0, 0.05) is 17.5 Å². The van der Waals surface area contributed by atoms with Crippen molar-refractivity contribution in [3.63, 3.8) is 0 Å². The Morgan fingerprint density at radius 2 is 2.18 bits per heavy atom. The van der Waals surface area contributed by atoms with Crippen LogP contribution in [-0.2, 0) is 11.8 Å². The van der Waals surface area contributed by atoms with Gasteiger partial charge < -0.3 is 9.84 Å². The van der Waals surface area contributed by atoms with E-state index >= 15 is 0 Å². The van der Waals surface area contributed by atoms with E-state index in [1.165, 1.54) is 0 Å². The lowest BCUT2D eigenvalue weighted by Crippen LogP contribution is -2.33. The standard InChI is InChI=1S/C19H26O3/c1-5-11(2)14-6-7-15(20)13-10-16(22-4)18(21)12-8-9-19(14,3)17(12)13/h10-11,14,21H,5-9H2,1-4H3/t11-,14?,19?/m1/s1. The van der Waals surface area contributed by atoms with E-state index < -0.39 is 0 Å². The molecule has 1 aromatic rings. The molecule has 0 saturated carbocycles. The molecule has 22 heavy (non-hydrogen) atoms. The Kier molecular flexibility index (Phi) is 3.70. The molecule has 0 fully saturated rings. The van der Waals surface area contributed by atoms with E-state index in [2.05, 4.69) is 20.8 Å². The normalized spacial score (nSPS) is 28.2. The van der Waals surface area contributed by atoms with Gasteiger partial charge in [-0.1, -0.05) is 27.2 Å². The van der Waals surface area contributed by atoms with Crippen LogP contribution in [0.25, 0.3) is 0 Å². The van der Waals surface area contributed by atoms with Crippen molar-refractivity contribution >= 4 is 5.78 Å². The molecule has 0 spiro atoms. The van der Waals surface area contributed by atoms with Crippen LogP contribution in [0.2, 0.25) is 0 Å². The Bertz CT molecular complexity index is 620. The molecule has 3 atom stereocenters. The van der Waals surface area contributed by atoms with E-state index in [1.807, 2.05) is 0 Å². The summed E-state index contributed by atoms with van der Waals surface area (Å²) in [4.78, 5) is 12.7. The quantitative estimate of drug-likeness (QED) is 0.908. The van der Waals surface area contributed by atoms with Crippen LogP contribution in [0, 0.1) is 11.8 Å². The van der Waals surface area contributed by atoms with Gasteiger partial charge in [0.2, 0.25) is 0 Å². The molecule has 3 heteroatoms. The predicted octanol–water partition coefficient (Wildman–Crippen LogP) is 4.24. The number of aromatic hydroxyl groups is 1. The molecule has 0 aliphatic heterocycles. The molecule has 0 radical (unpaired) electrons. The zero-order valence-electron chi connectivity index (χ0n) is 14.0. The molecule has 2 aliphatic carbocycles. The van der Waals surface area contributed by atoms with Gasteiger partial charge >= 0.3 is 0 Å². The van der Waals surface area contributed by atoms with E-state index in [4.69, 9.17) is 4.74 Å². The number of carbonyl (C=O) groups is 1. The predicted molar refractivity (Wildman–Crippen MR) is 86.8 cm³/mol. The molecule has 3 rings (SSSR count). The number of methoxy groups -OCH3 is 1. The third kappa shape index (κ3) is 1.98. The number of ketones is 1. The Hall–Kier alpha value is -1.51. The van der Waals surface area contributed by atoms with E-state index in [0.29, 0.717) is 24.0 Å². The van der Waals surface area contributed by atoms with Crippen LogP contribution in [-0.4, -0.2) is 18.0 Å². The van der Waals surface area contributed by atoms with Crippen molar-refractivity contribution in [1.29, 1.82) is 0 Å². The Balaban J connectivity index is 2.25. The number of phenols is 1. The fraction of sp³-hybridized carbons (Fsp3) is 0.632. The molecule has 2 aliphatic rings. The first-order valence-electron chi connectivity index (χ1n) is 8.40. The maximum atomic E-state index is 12.7. The lowest BCUT2D eigenvalue weighted by molar-refractivity contribution is 0.0969. The van der Waals surface area contributed by atoms with E-state index in [1.54, 1.807) is 13.2 Å². The summed E-state index contributed by atoms with van der Waals surface area (Å²) in [5.74, 6) is 1.96. The lowest BCUT2D eigenvalue weighted by Gasteiger charge is -2.38. The maximum Gasteiger partial charge on any atom is 0.163 e. The first-order chi connectivity index (χ1) is 10.4. The summed E-state index contributed by atoms with van der Waals surface area (Å²) in [6, 6.07) is 1.76. The molecule has 0 aromatic heterocycles. The third-order valence-electron chi connectivity index (χ3n) is 6.18. The molecular formula is C19H26O3. The van der Waals surface area contributed by atoms with Gasteiger partial charge in [0.15, 0.2) is 17.3 Å². The van der Waals surface area contributed by atoms with Gasteiger partial charge in [-0.25, -0.2) is 0 Å². The van der Waals surface area contributed by atoms with E-state index in [0.717, 1.165) is 42.4 Å². The number of hydrogen-bond acceptors (Lipinski definition) is 3. The van der Waals surface area contributed by atoms with Crippen LogP contribution in [0.1, 0.15) is 67.9 Å².